The lowest BCUT2D eigenvalue weighted by Crippen LogP contribution is -2.17. The van der Waals surface area contributed by atoms with E-state index in [0.29, 0.717) is 22.6 Å². The van der Waals surface area contributed by atoms with E-state index in [0.717, 1.165) is 27.7 Å². The number of pyridine rings is 1. The maximum absolute atomic E-state index is 13.4. The molecule has 3 aromatic carbocycles. The summed E-state index contributed by atoms with van der Waals surface area (Å²) in [5, 5.41) is 4.79. The Hall–Kier alpha value is -3.99. The zero-order valence-corrected chi connectivity index (χ0v) is 16.7. The van der Waals surface area contributed by atoms with Crippen LogP contribution in [0, 0.1) is 0 Å². The highest BCUT2D eigenvalue weighted by atomic mass is 16.5. The second-order valence-electron chi connectivity index (χ2n) is 7.11. The molecule has 1 N–H and O–H groups in total. The number of hydrogen-bond acceptors (Lipinski definition) is 4. The van der Waals surface area contributed by atoms with Crippen LogP contribution in [0.15, 0.2) is 88.1 Å². The predicted octanol–water partition coefficient (Wildman–Crippen LogP) is 5.70. The lowest BCUT2D eigenvalue weighted by Gasteiger charge is -2.08. The summed E-state index contributed by atoms with van der Waals surface area (Å²) >= 11 is 0. The number of nitrogens with zero attached hydrogens (tertiary/aromatic N) is 1. The van der Waals surface area contributed by atoms with Gasteiger partial charge in [0.25, 0.3) is 5.56 Å². The number of furan rings is 1. The van der Waals surface area contributed by atoms with Crippen LogP contribution in [-0.4, -0.2) is 11.7 Å². The monoisotopic (exact) mass is 396 g/mol. The molecule has 0 amide bonds. The number of methoxy groups -OCH3 is 1. The predicted molar refractivity (Wildman–Crippen MR) is 121 cm³/mol. The van der Waals surface area contributed by atoms with E-state index in [4.69, 9.17) is 9.15 Å². The minimum absolute atomic E-state index is 0.105. The van der Waals surface area contributed by atoms with Crippen LogP contribution < -0.4 is 15.6 Å². The number of aromatic nitrogens is 1. The van der Waals surface area contributed by atoms with Crippen molar-refractivity contribution in [3.05, 3.63) is 89.2 Å². The summed E-state index contributed by atoms with van der Waals surface area (Å²) in [5.74, 6) is 1.24. The fourth-order valence-corrected chi connectivity index (χ4v) is 3.85. The second kappa shape index (κ2) is 7.12. The summed E-state index contributed by atoms with van der Waals surface area (Å²) in [4.78, 5) is 13.4. The van der Waals surface area contributed by atoms with Gasteiger partial charge in [-0.3, -0.25) is 4.79 Å². The molecular formula is C25H20N2O3. The molecule has 5 heteroatoms. The number of hydrogen-bond donors (Lipinski definition) is 1. The molecule has 0 aliphatic carbocycles. The van der Waals surface area contributed by atoms with Crippen LogP contribution in [-0.2, 0) is 7.05 Å². The van der Waals surface area contributed by atoms with Crippen LogP contribution >= 0.6 is 0 Å². The Bertz CT molecular complexity index is 1430. The van der Waals surface area contributed by atoms with Gasteiger partial charge in [-0.15, -0.1) is 0 Å². The zero-order valence-electron chi connectivity index (χ0n) is 16.7. The van der Waals surface area contributed by atoms with Gasteiger partial charge in [0, 0.05) is 18.1 Å². The number of fused-ring (bicyclic) bond motifs is 3. The smallest absolute Gasteiger partial charge is 0.262 e. The van der Waals surface area contributed by atoms with Crippen LogP contribution in [0.5, 0.6) is 5.75 Å². The first-order chi connectivity index (χ1) is 14.7. The second-order valence-corrected chi connectivity index (χ2v) is 7.11. The zero-order chi connectivity index (χ0) is 20.7. The van der Waals surface area contributed by atoms with E-state index in [1.807, 2.05) is 78.9 Å². The third-order valence-electron chi connectivity index (χ3n) is 5.33. The Labute approximate surface area is 173 Å². The first kappa shape index (κ1) is 18.1. The van der Waals surface area contributed by atoms with Gasteiger partial charge in [-0.1, -0.05) is 42.5 Å². The molecule has 2 heterocycles. The number of nitrogens with one attached hydrogen (secondary N) is 1. The first-order valence-electron chi connectivity index (χ1n) is 9.68. The van der Waals surface area contributed by atoms with Crippen molar-refractivity contribution in [2.75, 3.05) is 12.4 Å². The molecule has 148 valence electrons. The number of anilines is 2. The number of benzene rings is 3. The standard InChI is InChI=1S/C25H20N2O3/c1-27-20-14-7-6-13-19(20)23-22(25(27)28)21(16-9-8-12-18(15-16)29-2)24(30-23)26-17-10-4-3-5-11-17/h3-15,26H,1-2H3. The van der Waals surface area contributed by atoms with Crippen molar-refractivity contribution in [3.63, 3.8) is 0 Å². The minimum Gasteiger partial charge on any atom is -0.497 e. The molecular weight excluding hydrogens is 376 g/mol. The van der Waals surface area contributed by atoms with Gasteiger partial charge >= 0.3 is 0 Å². The van der Waals surface area contributed by atoms with Gasteiger partial charge in [0.15, 0.2) is 5.58 Å². The quantitative estimate of drug-likeness (QED) is 0.423. The summed E-state index contributed by atoms with van der Waals surface area (Å²) in [6.07, 6.45) is 0. The molecule has 5 nitrogen and oxygen atoms in total. The van der Waals surface area contributed by atoms with Gasteiger partial charge in [-0.2, -0.15) is 0 Å². The number of ether oxygens (including phenoxy) is 1. The summed E-state index contributed by atoms with van der Waals surface area (Å²) in [6, 6.07) is 25.2. The van der Waals surface area contributed by atoms with Crippen molar-refractivity contribution in [2.24, 2.45) is 7.05 Å². The van der Waals surface area contributed by atoms with E-state index in [9.17, 15) is 4.79 Å². The van der Waals surface area contributed by atoms with Crippen LogP contribution in [0.25, 0.3) is 33.0 Å². The van der Waals surface area contributed by atoms with Gasteiger partial charge in [-0.25, -0.2) is 0 Å². The highest BCUT2D eigenvalue weighted by molar-refractivity contribution is 6.11. The van der Waals surface area contributed by atoms with Crippen LogP contribution in [0.4, 0.5) is 11.6 Å². The van der Waals surface area contributed by atoms with Gasteiger partial charge in [0.1, 0.15) is 5.75 Å². The molecule has 0 unspecified atom stereocenters. The Morgan fingerprint density at radius 1 is 0.933 bits per heavy atom. The third-order valence-corrected chi connectivity index (χ3v) is 5.33. The maximum atomic E-state index is 13.4. The number of rotatable bonds is 4. The fourth-order valence-electron chi connectivity index (χ4n) is 3.85. The Morgan fingerprint density at radius 3 is 2.50 bits per heavy atom. The van der Waals surface area contributed by atoms with Gasteiger partial charge < -0.3 is 19.0 Å². The first-order valence-corrected chi connectivity index (χ1v) is 9.68. The maximum Gasteiger partial charge on any atom is 0.262 e. The highest BCUT2D eigenvalue weighted by Crippen LogP contribution is 2.41. The molecule has 0 bridgehead atoms. The van der Waals surface area contributed by atoms with Crippen molar-refractivity contribution in [1.82, 2.24) is 4.57 Å². The molecule has 0 saturated carbocycles. The summed E-state index contributed by atoms with van der Waals surface area (Å²) in [5.41, 5.74) is 3.74. The Kier molecular flexibility index (Phi) is 4.29. The summed E-state index contributed by atoms with van der Waals surface area (Å²) < 4.78 is 13.4. The molecule has 5 rings (SSSR count). The van der Waals surface area contributed by atoms with Crippen molar-refractivity contribution in [2.45, 2.75) is 0 Å². The van der Waals surface area contributed by atoms with Gasteiger partial charge in [0.05, 0.1) is 23.6 Å². The summed E-state index contributed by atoms with van der Waals surface area (Å²) in [6.45, 7) is 0. The molecule has 2 aromatic heterocycles. The van der Waals surface area contributed by atoms with Crippen LogP contribution in [0.3, 0.4) is 0 Å². The van der Waals surface area contributed by atoms with Gasteiger partial charge in [0.2, 0.25) is 5.88 Å². The Balaban J connectivity index is 1.89. The van der Waals surface area contributed by atoms with Crippen molar-refractivity contribution < 1.29 is 9.15 Å². The fraction of sp³-hybridized carbons (Fsp3) is 0.0800. The van der Waals surface area contributed by atoms with Crippen molar-refractivity contribution in [3.8, 4) is 16.9 Å². The SMILES string of the molecule is COc1cccc(-c2c(Nc3ccccc3)oc3c2c(=O)n(C)c2ccccc32)c1. The summed E-state index contributed by atoms with van der Waals surface area (Å²) in [7, 11) is 3.42. The van der Waals surface area contributed by atoms with Crippen LogP contribution in [0.1, 0.15) is 0 Å². The normalized spacial score (nSPS) is 11.1. The molecule has 0 spiro atoms. The molecule has 5 aromatic rings. The molecule has 0 fully saturated rings. The minimum atomic E-state index is -0.105. The van der Waals surface area contributed by atoms with Crippen molar-refractivity contribution in [1.29, 1.82) is 0 Å². The van der Waals surface area contributed by atoms with E-state index in [2.05, 4.69) is 5.32 Å². The molecule has 30 heavy (non-hydrogen) atoms. The number of aryl methyl sites for hydroxylation is 1. The lowest BCUT2D eigenvalue weighted by atomic mass is 10.0. The molecule has 0 saturated heterocycles. The van der Waals surface area contributed by atoms with E-state index < -0.39 is 0 Å². The lowest BCUT2D eigenvalue weighted by molar-refractivity contribution is 0.415. The molecule has 0 atom stereocenters. The van der Waals surface area contributed by atoms with Gasteiger partial charge in [-0.05, 0) is 42.0 Å². The Morgan fingerprint density at radius 2 is 1.70 bits per heavy atom. The average molecular weight is 396 g/mol. The van der Waals surface area contributed by atoms with E-state index in [1.165, 1.54) is 0 Å². The number of para-hydroxylation sites is 2. The molecule has 0 aliphatic rings. The van der Waals surface area contributed by atoms with Crippen molar-refractivity contribution >= 4 is 33.4 Å². The average Bonchev–Trinajstić information content (AvgIpc) is 3.17. The highest BCUT2D eigenvalue weighted by Gasteiger charge is 2.23. The van der Waals surface area contributed by atoms with E-state index >= 15 is 0 Å². The topological polar surface area (TPSA) is 56.4 Å². The third kappa shape index (κ3) is 2.83. The largest absolute Gasteiger partial charge is 0.497 e. The van der Waals surface area contributed by atoms with E-state index in [1.54, 1.807) is 18.7 Å². The van der Waals surface area contributed by atoms with E-state index in [-0.39, 0.29) is 5.56 Å². The molecule has 0 radical (unpaired) electrons. The molecule has 0 aliphatic heterocycles. The van der Waals surface area contributed by atoms with Crippen LogP contribution in [0.2, 0.25) is 0 Å².